The van der Waals surface area contributed by atoms with Crippen LogP contribution in [0, 0.1) is 0 Å². The summed E-state index contributed by atoms with van der Waals surface area (Å²) in [6.07, 6.45) is 84.2. The van der Waals surface area contributed by atoms with E-state index in [1.54, 1.807) is 0 Å². The van der Waals surface area contributed by atoms with Crippen LogP contribution in [0.25, 0.3) is 0 Å². The van der Waals surface area contributed by atoms with E-state index in [0.717, 1.165) is 77.0 Å². The Balaban J connectivity index is 4.26. The van der Waals surface area contributed by atoms with Gasteiger partial charge in [0.25, 0.3) is 0 Å². The molecule has 0 aromatic rings. The van der Waals surface area contributed by atoms with Gasteiger partial charge in [0.05, 0.1) is 0 Å². The standard InChI is InChI=1S/C72H132O6/c1-4-7-10-13-16-19-22-25-28-31-32-33-34-35-36-37-38-39-40-42-44-47-50-53-56-59-62-65-71(74)77-68-69(67-76-70(73)64-61-58-55-52-49-46-43-30-27-24-21-18-15-12-9-6-3)78-72(75)66-63-60-57-54-51-48-45-41-29-26-23-20-17-14-11-8-5-2/h17,20,26,29-32,43,69H,4-16,18-19,21-25,27-28,33-42,44-68H2,1-3H3/b20-17-,29-26-,32-31-,43-30-. The van der Waals surface area contributed by atoms with E-state index in [9.17, 15) is 14.4 Å². The maximum Gasteiger partial charge on any atom is 0.306 e. The molecule has 0 fully saturated rings. The summed E-state index contributed by atoms with van der Waals surface area (Å²) in [5, 5.41) is 0. The van der Waals surface area contributed by atoms with Gasteiger partial charge >= 0.3 is 17.9 Å². The fourth-order valence-corrected chi connectivity index (χ4v) is 10.3. The molecule has 78 heavy (non-hydrogen) atoms. The van der Waals surface area contributed by atoms with Crippen molar-refractivity contribution in [1.82, 2.24) is 0 Å². The van der Waals surface area contributed by atoms with Crippen molar-refractivity contribution in [1.29, 1.82) is 0 Å². The molecule has 0 heterocycles. The van der Waals surface area contributed by atoms with Crippen LogP contribution in [0.2, 0.25) is 0 Å². The summed E-state index contributed by atoms with van der Waals surface area (Å²) in [5.41, 5.74) is 0. The van der Waals surface area contributed by atoms with Gasteiger partial charge in [0, 0.05) is 19.3 Å². The van der Waals surface area contributed by atoms with E-state index in [2.05, 4.69) is 69.4 Å². The van der Waals surface area contributed by atoms with E-state index in [1.165, 1.54) is 257 Å². The maximum absolute atomic E-state index is 12.9. The van der Waals surface area contributed by atoms with E-state index in [4.69, 9.17) is 14.2 Å². The lowest BCUT2D eigenvalue weighted by Crippen LogP contribution is -2.30. The number of ether oxygens (including phenoxy) is 3. The fourth-order valence-electron chi connectivity index (χ4n) is 10.3. The molecular formula is C72H132O6. The number of hydrogen-bond donors (Lipinski definition) is 0. The molecule has 456 valence electrons. The summed E-state index contributed by atoms with van der Waals surface area (Å²) in [7, 11) is 0. The van der Waals surface area contributed by atoms with Crippen LogP contribution >= 0.6 is 0 Å². The van der Waals surface area contributed by atoms with Gasteiger partial charge in [-0.1, -0.05) is 301 Å². The van der Waals surface area contributed by atoms with Gasteiger partial charge in [0.1, 0.15) is 13.2 Å². The molecule has 0 aromatic heterocycles. The Morgan fingerprint density at radius 3 is 0.744 bits per heavy atom. The zero-order valence-electron chi connectivity index (χ0n) is 52.5. The highest BCUT2D eigenvalue weighted by Crippen LogP contribution is 2.17. The Labute approximate surface area is 486 Å². The molecule has 0 bridgehead atoms. The van der Waals surface area contributed by atoms with Gasteiger partial charge in [0.15, 0.2) is 6.10 Å². The Bertz CT molecular complexity index is 1350. The highest BCUT2D eigenvalue weighted by atomic mass is 16.6. The molecule has 0 N–H and O–H groups in total. The number of rotatable bonds is 64. The summed E-state index contributed by atoms with van der Waals surface area (Å²) in [6, 6.07) is 0. The van der Waals surface area contributed by atoms with E-state index >= 15 is 0 Å². The third-order valence-corrected chi connectivity index (χ3v) is 15.5. The predicted octanol–water partition coefficient (Wildman–Crippen LogP) is 23.7. The molecule has 0 aliphatic carbocycles. The monoisotopic (exact) mass is 1090 g/mol. The summed E-state index contributed by atoms with van der Waals surface area (Å²) >= 11 is 0. The zero-order valence-corrected chi connectivity index (χ0v) is 52.5. The molecule has 1 unspecified atom stereocenters. The average Bonchev–Trinajstić information content (AvgIpc) is 3.44. The molecule has 0 radical (unpaired) electrons. The van der Waals surface area contributed by atoms with Gasteiger partial charge in [-0.05, 0) is 103 Å². The molecule has 0 spiro atoms. The van der Waals surface area contributed by atoms with Crippen LogP contribution < -0.4 is 0 Å². The second-order valence-electron chi connectivity index (χ2n) is 23.4. The van der Waals surface area contributed by atoms with E-state index in [0.29, 0.717) is 19.3 Å². The number of unbranched alkanes of at least 4 members (excludes halogenated alkanes) is 45. The third-order valence-electron chi connectivity index (χ3n) is 15.5. The Morgan fingerprint density at radius 1 is 0.256 bits per heavy atom. The van der Waals surface area contributed by atoms with Crippen LogP contribution in [0.5, 0.6) is 0 Å². The minimum atomic E-state index is -0.781. The van der Waals surface area contributed by atoms with Crippen molar-refractivity contribution >= 4 is 17.9 Å². The largest absolute Gasteiger partial charge is 0.462 e. The molecular weight excluding hydrogens is 961 g/mol. The predicted molar refractivity (Wildman–Crippen MR) is 339 cm³/mol. The van der Waals surface area contributed by atoms with Crippen molar-refractivity contribution in [2.24, 2.45) is 0 Å². The van der Waals surface area contributed by atoms with Crippen molar-refractivity contribution in [2.45, 2.75) is 380 Å². The normalized spacial score (nSPS) is 12.3. The van der Waals surface area contributed by atoms with Crippen molar-refractivity contribution in [3.8, 4) is 0 Å². The topological polar surface area (TPSA) is 78.9 Å². The van der Waals surface area contributed by atoms with Crippen molar-refractivity contribution in [3.63, 3.8) is 0 Å². The summed E-state index contributed by atoms with van der Waals surface area (Å²) < 4.78 is 17.0. The lowest BCUT2D eigenvalue weighted by molar-refractivity contribution is -0.167. The van der Waals surface area contributed by atoms with Crippen LogP contribution in [-0.2, 0) is 28.6 Å². The lowest BCUT2D eigenvalue weighted by atomic mass is 10.0. The number of carbonyl (C=O) groups is 3. The molecule has 0 saturated carbocycles. The molecule has 1 atom stereocenters. The average molecular weight is 1090 g/mol. The van der Waals surface area contributed by atoms with Crippen LogP contribution in [0.3, 0.4) is 0 Å². The highest BCUT2D eigenvalue weighted by Gasteiger charge is 2.19. The van der Waals surface area contributed by atoms with Crippen molar-refractivity contribution in [3.05, 3.63) is 48.6 Å². The SMILES string of the molecule is CCCCC/C=C\C/C=C\CCCCCCCCCC(=O)OC(COC(=O)CCCCCCC/C=C\CCCCCCCCC)COC(=O)CCCCCCCCCCCCCCCCC/C=C\CCCCCCCCCC. The molecule has 6 nitrogen and oxygen atoms in total. The van der Waals surface area contributed by atoms with Gasteiger partial charge in [-0.15, -0.1) is 0 Å². The van der Waals surface area contributed by atoms with Gasteiger partial charge in [0.2, 0.25) is 0 Å². The number of carbonyl (C=O) groups excluding carboxylic acids is 3. The third kappa shape index (κ3) is 64.2. The minimum Gasteiger partial charge on any atom is -0.462 e. The Morgan fingerprint density at radius 2 is 0.462 bits per heavy atom. The van der Waals surface area contributed by atoms with Gasteiger partial charge in [-0.3, -0.25) is 14.4 Å². The first-order valence-electron chi connectivity index (χ1n) is 34.6. The smallest absolute Gasteiger partial charge is 0.306 e. The number of hydrogen-bond acceptors (Lipinski definition) is 6. The number of allylic oxidation sites excluding steroid dienone is 8. The molecule has 0 rings (SSSR count). The maximum atomic E-state index is 12.9. The van der Waals surface area contributed by atoms with Crippen molar-refractivity contribution in [2.75, 3.05) is 13.2 Å². The van der Waals surface area contributed by atoms with Gasteiger partial charge in [-0.25, -0.2) is 0 Å². The summed E-state index contributed by atoms with van der Waals surface area (Å²) in [5.74, 6) is -0.869. The Kier molecular flexibility index (Phi) is 64.6. The quantitative estimate of drug-likeness (QED) is 0.0261. The summed E-state index contributed by atoms with van der Waals surface area (Å²) in [6.45, 7) is 6.66. The van der Waals surface area contributed by atoms with Crippen LogP contribution in [0.1, 0.15) is 374 Å². The van der Waals surface area contributed by atoms with Crippen molar-refractivity contribution < 1.29 is 28.6 Å². The number of esters is 3. The van der Waals surface area contributed by atoms with Crippen LogP contribution in [0.4, 0.5) is 0 Å². The molecule has 0 saturated heterocycles. The van der Waals surface area contributed by atoms with E-state index in [-0.39, 0.29) is 31.1 Å². The van der Waals surface area contributed by atoms with Crippen LogP contribution in [0.15, 0.2) is 48.6 Å². The summed E-state index contributed by atoms with van der Waals surface area (Å²) in [4.78, 5) is 38.4. The van der Waals surface area contributed by atoms with Crippen LogP contribution in [-0.4, -0.2) is 37.2 Å². The fraction of sp³-hybridized carbons (Fsp3) is 0.847. The molecule has 6 heteroatoms. The molecule has 0 aromatic carbocycles. The second-order valence-corrected chi connectivity index (χ2v) is 23.4. The first-order chi connectivity index (χ1) is 38.5. The van der Waals surface area contributed by atoms with Gasteiger partial charge in [-0.2, -0.15) is 0 Å². The van der Waals surface area contributed by atoms with E-state index < -0.39 is 6.10 Å². The second kappa shape index (κ2) is 66.9. The molecule has 0 aliphatic heterocycles. The Hall–Kier alpha value is -2.63. The van der Waals surface area contributed by atoms with E-state index in [1.807, 2.05) is 0 Å². The zero-order chi connectivity index (χ0) is 56.4. The lowest BCUT2D eigenvalue weighted by Gasteiger charge is -2.18. The molecule has 0 amide bonds. The molecule has 0 aliphatic rings. The highest BCUT2D eigenvalue weighted by molar-refractivity contribution is 5.71. The van der Waals surface area contributed by atoms with Gasteiger partial charge < -0.3 is 14.2 Å². The first kappa shape index (κ1) is 75.4. The first-order valence-corrected chi connectivity index (χ1v) is 34.6. The minimum absolute atomic E-state index is 0.0758.